The van der Waals surface area contributed by atoms with E-state index in [1.807, 2.05) is 0 Å². The molecule has 22 heavy (non-hydrogen) atoms. The van der Waals surface area contributed by atoms with Gasteiger partial charge in [0.15, 0.2) is 6.10 Å². The van der Waals surface area contributed by atoms with E-state index in [1.165, 1.54) is 4.90 Å². The number of morpholine rings is 1. The van der Waals surface area contributed by atoms with Crippen LogP contribution < -0.4 is 0 Å². The van der Waals surface area contributed by atoms with Crippen molar-refractivity contribution in [2.45, 2.75) is 44.4 Å². The number of aliphatic carboxylic acids is 1. The fraction of sp³-hybridized carbons (Fsp3) is 0.857. The van der Waals surface area contributed by atoms with Gasteiger partial charge in [0, 0.05) is 13.0 Å². The maximum absolute atomic E-state index is 12.6. The molecule has 0 bridgehead atoms. The Labute approximate surface area is 126 Å². The molecule has 0 radical (unpaired) electrons. The van der Waals surface area contributed by atoms with Crippen LogP contribution in [-0.4, -0.2) is 53.9 Å². The van der Waals surface area contributed by atoms with E-state index < -0.39 is 24.2 Å². The van der Waals surface area contributed by atoms with E-state index in [0.717, 1.165) is 0 Å². The van der Waals surface area contributed by atoms with Crippen LogP contribution in [0.25, 0.3) is 0 Å². The molecule has 8 heteroatoms. The third kappa shape index (κ3) is 4.34. The second-order valence-corrected chi connectivity index (χ2v) is 6.00. The molecule has 1 unspecified atom stereocenters. The van der Waals surface area contributed by atoms with Crippen molar-refractivity contribution in [3.05, 3.63) is 0 Å². The molecule has 126 valence electrons. The SMILES string of the molecule is O=C(O)C1CN(C(=O)CC2CCC(C(F)(F)F)CC2)CCO1. The largest absolute Gasteiger partial charge is 0.479 e. The zero-order valence-electron chi connectivity index (χ0n) is 12.1. The van der Waals surface area contributed by atoms with Crippen molar-refractivity contribution < 1.29 is 32.6 Å². The Hall–Kier alpha value is -1.31. The molecular weight excluding hydrogens is 303 g/mol. The number of alkyl halides is 3. The topological polar surface area (TPSA) is 66.8 Å². The highest BCUT2D eigenvalue weighted by Gasteiger charge is 2.41. The molecule has 1 N–H and O–H groups in total. The number of carboxylic acids is 1. The summed E-state index contributed by atoms with van der Waals surface area (Å²) >= 11 is 0. The van der Waals surface area contributed by atoms with Crippen LogP contribution in [0.4, 0.5) is 13.2 Å². The monoisotopic (exact) mass is 323 g/mol. The minimum atomic E-state index is -4.14. The van der Waals surface area contributed by atoms with Crippen molar-refractivity contribution in [3.8, 4) is 0 Å². The van der Waals surface area contributed by atoms with E-state index in [2.05, 4.69) is 0 Å². The number of nitrogens with zero attached hydrogens (tertiary/aromatic N) is 1. The van der Waals surface area contributed by atoms with Gasteiger partial charge in [-0.25, -0.2) is 4.79 Å². The third-order valence-electron chi connectivity index (χ3n) is 4.47. The van der Waals surface area contributed by atoms with Gasteiger partial charge in [0.05, 0.1) is 19.1 Å². The van der Waals surface area contributed by atoms with Crippen LogP contribution in [0.15, 0.2) is 0 Å². The summed E-state index contributed by atoms with van der Waals surface area (Å²) in [5.41, 5.74) is 0. The predicted octanol–water partition coefficient (Wildman–Crippen LogP) is 2.06. The van der Waals surface area contributed by atoms with E-state index in [0.29, 0.717) is 19.4 Å². The summed E-state index contributed by atoms with van der Waals surface area (Å²) in [5.74, 6) is -2.59. The third-order valence-corrected chi connectivity index (χ3v) is 4.47. The number of ether oxygens (including phenoxy) is 1. The van der Waals surface area contributed by atoms with E-state index in [-0.39, 0.29) is 44.2 Å². The quantitative estimate of drug-likeness (QED) is 0.863. The van der Waals surface area contributed by atoms with Crippen molar-refractivity contribution in [3.63, 3.8) is 0 Å². The first-order valence-electron chi connectivity index (χ1n) is 7.46. The van der Waals surface area contributed by atoms with Gasteiger partial charge in [-0.2, -0.15) is 13.2 Å². The Morgan fingerprint density at radius 1 is 1.18 bits per heavy atom. The molecule has 1 aliphatic heterocycles. The molecule has 0 spiro atoms. The summed E-state index contributed by atoms with van der Waals surface area (Å²) in [6, 6.07) is 0. The van der Waals surface area contributed by atoms with E-state index >= 15 is 0 Å². The van der Waals surface area contributed by atoms with Gasteiger partial charge in [-0.15, -0.1) is 0 Å². The number of hydrogen-bond acceptors (Lipinski definition) is 3. The van der Waals surface area contributed by atoms with E-state index in [1.54, 1.807) is 0 Å². The van der Waals surface area contributed by atoms with E-state index in [9.17, 15) is 22.8 Å². The van der Waals surface area contributed by atoms with Gasteiger partial charge in [-0.1, -0.05) is 0 Å². The van der Waals surface area contributed by atoms with E-state index in [4.69, 9.17) is 9.84 Å². The molecule has 2 fully saturated rings. The molecule has 1 saturated carbocycles. The molecule has 2 aliphatic rings. The molecule has 2 rings (SSSR count). The highest BCUT2D eigenvalue weighted by Crippen LogP contribution is 2.40. The number of carboxylic acid groups (broad SMARTS) is 1. The summed E-state index contributed by atoms with van der Waals surface area (Å²) in [7, 11) is 0. The Kier molecular flexibility index (Phi) is 5.31. The zero-order chi connectivity index (χ0) is 16.3. The average molecular weight is 323 g/mol. The number of rotatable bonds is 3. The lowest BCUT2D eigenvalue weighted by Gasteiger charge is -2.34. The fourth-order valence-electron chi connectivity index (χ4n) is 3.10. The van der Waals surface area contributed by atoms with Gasteiger partial charge < -0.3 is 14.7 Å². The maximum atomic E-state index is 12.6. The van der Waals surface area contributed by atoms with Gasteiger partial charge in [-0.3, -0.25) is 4.79 Å². The smallest absolute Gasteiger partial charge is 0.391 e. The minimum Gasteiger partial charge on any atom is -0.479 e. The number of hydrogen-bond donors (Lipinski definition) is 1. The second kappa shape index (κ2) is 6.85. The normalized spacial score (nSPS) is 30.1. The first-order valence-corrected chi connectivity index (χ1v) is 7.46. The highest BCUT2D eigenvalue weighted by molar-refractivity contribution is 5.78. The maximum Gasteiger partial charge on any atom is 0.391 e. The Morgan fingerprint density at radius 3 is 2.36 bits per heavy atom. The lowest BCUT2D eigenvalue weighted by Crippen LogP contribution is -2.49. The molecule has 1 aliphatic carbocycles. The van der Waals surface area contributed by atoms with Gasteiger partial charge in [-0.05, 0) is 31.6 Å². The summed E-state index contributed by atoms with van der Waals surface area (Å²) in [6.45, 7) is 0.510. The van der Waals surface area contributed by atoms with Gasteiger partial charge in [0.2, 0.25) is 5.91 Å². The van der Waals surface area contributed by atoms with Crippen molar-refractivity contribution in [2.24, 2.45) is 11.8 Å². The van der Waals surface area contributed by atoms with Crippen molar-refractivity contribution in [1.29, 1.82) is 0 Å². The number of halogens is 3. The summed E-state index contributed by atoms with van der Waals surface area (Å²) in [4.78, 5) is 24.5. The highest BCUT2D eigenvalue weighted by atomic mass is 19.4. The first kappa shape index (κ1) is 17.1. The molecule has 1 saturated heterocycles. The fourth-order valence-corrected chi connectivity index (χ4v) is 3.10. The van der Waals surface area contributed by atoms with Crippen LogP contribution in [-0.2, 0) is 14.3 Å². The Morgan fingerprint density at radius 2 is 1.82 bits per heavy atom. The number of carbonyl (C=O) groups is 2. The molecule has 5 nitrogen and oxygen atoms in total. The standard InChI is InChI=1S/C14H20F3NO4/c15-14(16,17)10-3-1-9(2-4-10)7-12(19)18-5-6-22-11(8-18)13(20)21/h9-11H,1-8H2,(H,20,21). The second-order valence-electron chi connectivity index (χ2n) is 6.00. The number of carbonyl (C=O) groups excluding carboxylic acids is 1. The summed E-state index contributed by atoms with van der Waals surface area (Å²) < 4.78 is 42.8. The zero-order valence-corrected chi connectivity index (χ0v) is 12.1. The Bertz CT molecular complexity index is 419. The molecule has 1 amide bonds. The molecule has 1 atom stereocenters. The predicted molar refractivity (Wildman–Crippen MR) is 70.1 cm³/mol. The van der Waals surface area contributed by atoms with Crippen LogP contribution in [0.3, 0.4) is 0 Å². The van der Waals surface area contributed by atoms with Crippen LogP contribution in [0.5, 0.6) is 0 Å². The summed E-state index contributed by atoms with van der Waals surface area (Å²) in [5, 5.41) is 8.90. The minimum absolute atomic E-state index is 0.00601. The van der Waals surface area contributed by atoms with Crippen molar-refractivity contribution in [1.82, 2.24) is 4.90 Å². The molecular formula is C14H20F3NO4. The van der Waals surface area contributed by atoms with Crippen LogP contribution in [0.1, 0.15) is 32.1 Å². The lowest BCUT2D eigenvalue weighted by molar-refractivity contribution is -0.184. The van der Waals surface area contributed by atoms with Crippen LogP contribution in [0, 0.1) is 11.8 Å². The molecule has 0 aromatic carbocycles. The van der Waals surface area contributed by atoms with Gasteiger partial charge in [0.1, 0.15) is 0 Å². The molecule has 1 heterocycles. The summed E-state index contributed by atoms with van der Waals surface area (Å²) in [6.07, 6.45) is -4.04. The van der Waals surface area contributed by atoms with Gasteiger partial charge in [0.25, 0.3) is 0 Å². The Balaban J connectivity index is 1.79. The van der Waals surface area contributed by atoms with Crippen molar-refractivity contribution >= 4 is 11.9 Å². The molecule has 0 aromatic heterocycles. The number of amides is 1. The molecule has 0 aromatic rings. The van der Waals surface area contributed by atoms with Crippen LogP contribution >= 0.6 is 0 Å². The van der Waals surface area contributed by atoms with Crippen molar-refractivity contribution in [2.75, 3.05) is 19.7 Å². The van der Waals surface area contributed by atoms with Crippen LogP contribution in [0.2, 0.25) is 0 Å². The first-order chi connectivity index (χ1) is 10.3. The lowest BCUT2D eigenvalue weighted by atomic mass is 9.80. The average Bonchev–Trinajstić information content (AvgIpc) is 2.47. The van der Waals surface area contributed by atoms with Gasteiger partial charge >= 0.3 is 12.1 Å².